The summed E-state index contributed by atoms with van der Waals surface area (Å²) in [5.41, 5.74) is 3.95. The number of hydrogen-bond donors (Lipinski definition) is 2. The van der Waals surface area contributed by atoms with E-state index in [4.69, 9.17) is 11.6 Å². The van der Waals surface area contributed by atoms with Crippen molar-refractivity contribution >= 4 is 35.3 Å². The fourth-order valence-corrected chi connectivity index (χ4v) is 3.49. The quantitative estimate of drug-likeness (QED) is 0.310. The molecule has 1 aromatic heterocycles. The minimum atomic E-state index is -4.52. The number of para-hydroxylation sites is 1. The summed E-state index contributed by atoms with van der Waals surface area (Å²) < 4.78 is 41.8. The number of anilines is 1. The molecule has 0 bridgehead atoms. The van der Waals surface area contributed by atoms with E-state index in [-0.39, 0.29) is 5.69 Å². The molecule has 2 amide bonds. The second-order valence-corrected chi connectivity index (χ2v) is 7.73. The average Bonchev–Trinajstić information content (AvgIpc) is 3.03. The molecule has 0 unspecified atom stereocenters. The van der Waals surface area contributed by atoms with Gasteiger partial charge in [0.1, 0.15) is 0 Å². The van der Waals surface area contributed by atoms with Gasteiger partial charge in [0.15, 0.2) is 0 Å². The van der Waals surface area contributed by atoms with Crippen LogP contribution >= 0.6 is 11.6 Å². The van der Waals surface area contributed by atoms with Crippen LogP contribution in [0.5, 0.6) is 0 Å². The zero-order valence-electron chi connectivity index (χ0n) is 17.9. The SMILES string of the molecule is Cc1ccc(Cl)cc1NC(=O)C(=O)N/N=C\c1cc(C)n(-c2ccccc2C(F)(F)F)c1C. The molecule has 0 aliphatic heterocycles. The molecule has 0 radical (unpaired) electrons. The number of nitrogens with one attached hydrogen (secondary N) is 2. The summed E-state index contributed by atoms with van der Waals surface area (Å²) in [6.45, 7) is 5.05. The van der Waals surface area contributed by atoms with Gasteiger partial charge >= 0.3 is 18.0 Å². The number of carbonyl (C=O) groups is 2. The molecule has 33 heavy (non-hydrogen) atoms. The number of alkyl halides is 3. The Balaban J connectivity index is 1.76. The molecule has 0 aliphatic rings. The van der Waals surface area contributed by atoms with E-state index in [0.717, 1.165) is 11.6 Å². The van der Waals surface area contributed by atoms with Gasteiger partial charge in [0.25, 0.3) is 0 Å². The van der Waals surface area contributed by atoms with E-state index in [1.807, 2.05) is 0 Å². The lowest BCUT2D eigenvalue weighted by Gasteiger charge is -2.16. The molecule has 2 aromatic carbocycles. The Morgan fingerprint density at radius 1 is 1.03 bits per heavy atom. The van der Waals surface area contributed by atoms with Crippen molar-refractivity contribution in [1.82, 2.24) is 9.99 Å². The van der Waals surface area contributed by atoms with Crippen LogP contribution in [-0.2, 0) is 15.8 Å². The average molecular weight is 477 g/mol. The Kier molecular flexibility index (Phi) is 6.92. The second-order valence-electron chi connectivity index (χ2n) is 7.29. The fraction of sp³-hybridized carbons (Fsp3) is 0.174. The first kappa shape index (κ1) is 24.1. The summed E-state index contributed by atoms with van der Waals surface area (Å²) in [6, 6.07) is 11.7. The van der Waals surface area contributed by atoms with Crippen LogP contribution in [0.1, 0.15) is 28.1 Å². The molecule has 0 spiro atoms. The van der Waals surface area contributed by atoms with Crippen LogP contribution in [0.25, 0.3) is 5.69 Å². The van der Waals surface area contributed by atoms with Crippen molar-refractivity contribution in [2.24, 2.45) is 5.10 Å². The molecule has 0 saturated heterocycles. The summed E-state index contributed by atoms with van der Waals surface area (Å²) in [5, 5.41) is 6.62. The molecule has 6 nitrogen and oxygen atoms in total. The molecular weight excluding hydrogens is 457 g/mol. The minimum absolute atomic E-state index is 0.0139. The zero-order valence-corrected chi connectivity index (χ0v) is 18.7. The summed E-state index contributed by atoms with van der Waals surface area (Å²) in [6.07, 6.45) is -3.25. The Hall–Kier alpha value is -3.59. The number of amides is 2. The summed E-state index contributed by atoms with van der Waals surface area (Å²) >= 11 is 5.90. The Morgan fingerprint density at radius 3 is 2.42 bits per heavy atom. The third-order valence-electron chi connectivity index (χ3n) is 4.94. The third kappa shape index (κ3) is 5.43. The first-order valence-electron chi connectivity index (χ1n) is 9.75. The van der Waals surface area contributed by atoms with Crippen LogP contribution in [0.4, 0.5) is 18.9 Å². The van der Waals surface area contributed by atoms with Gasteiger partial charge < -0.3 is 9.88 Å². The van der Waals surface area contributed by atoms with E-state index in [2.05, 4.69) is 15.8 Å². The van der Waals surface area contributed by atoms with Gasteiger partial charge in [-0.25, -0.2) is 5.43 Å². The molecular formula is C23H20ClF3N4O2. The number of nitrogens with zero attached hydrogens (tertiary/aromatic N) is 2. The van der Waals surface area contributed by atoms with Gasteiger partial charge in [-0.3, -0.25) is 9.59 Å². The van der Waals surface area contributed by atoms with Gasteiger partial charge in [0, 0.05) is 27.7 Å². The van der Waals surface area contributed by atoms with Crippen molar-refractivity contribution < 1.29 is 22.8 Å². The molecule has 172 valence electrons. The van der Waals surface area contributed by atoms with Crippen molar-refractivity contribution in [3.8, 4) is 5.69 Å². The van der Waals surface area contributed by atoms with Crippen LogP contribution < -0.4 is 10.7 Å². The molecule has 1 heterocycles. The number of benzene rings is 2. The van der Waals surface area contributed by atoms with Crippen molar-refractivity contribution in [2.45, 2.75) is 26.9 Å². The highest BCUT2D eigenvalue weighted by molar-refractivity contribution is 6.40. The lowest BCUT2D eigenvalue weighted by molar-refractivity contribution is -0.137. The predicted octanol–water partition coefficient (Wildman–Crippen LogP) is 5.16. The summed E-state index contributed by atoms with van der Waals surface area (Å²) in [4.78, 5) is 24.2. The van der Waals surface area contributed by atoms with Crippen LogP contribution in [0, 0.1) is 20.8 Å². The van der Waals surface area contributed by atoms with Crippen LogP contribution in [0.3, 0.4) is 0 Å². The number of halogens is 4. The van der Waals surface area contributed by atoms with Gasteiger partial charge in [-0.2, -0.15) is 18.3 Å². The van der Waals surface area contributed by atoms with Crippen molar-refractivity contribution in [3.05, 3.63) is 81.6 Å². The molecule has 0 aliphatic carbocycles. The number of carbonyl (C=O) groups excluding carboxylic acids is 2. The number of aromatic nitrogens is 1. The van der Waals surface area contributed by atoms with E-state index in [1.54, 1.807) is 39.0 Å². The lowest BCUT2D eigenvalue weighted by atomic mass is 10.1. The van der Waals surface area contributed by atoms with Gasteiger partial charge in [-0.1, -0.05) is 29.8 Å². The molecule has 0 saturated carbocycles. The number of aryl methyl sites for hydroxylation is 2. The minimum Gasteiger partial charge on any atom is -0.317 e. The third-order valence-corrected chi connectivity index (χ3v) is 5.18. The highest BCUT2D eigenvalue weighted by Gasteiger charge is 2.34. The van der Waals surface area contributed by atoms with E-state index < -0.39 is 23.6 Å². The van der Waals surface area contributed by atoms with Gasteiger partial charge in [0.05, 0.1) is 17.5 Å². The predicted molar refractivity (Wildman–Crippen MR) is 121 cm³/mol. The van der Waals surface area contributed by atoms with Crippen molar-refractivity contribution in [3.63, 3.8) is 0 Å². The topological polar surface area (TPSA) is 75.5 Å². The highest BCUT2D eigenvalue weighted by Crippen LogP contribution is 2.35. The first-order valence-corrected chi connectivity index (χ1v) is 10.1. The highest BCUT2D eigenvalue weighted by atomic mass is 35.5. The number of hydrogen-bond acceptors (Lipinski definition) is 3. The molecule has 2 N–H and O–H groups in total. The summed E-state index contributed by atoms with van der Waals surface area (Å²) in [5.74, 6) is -1.95. The monoisotopic (exact) mass is 476 g/mol. The molecule has 10 heteroatoms. The van der Waals surface area contributed by atoms with E-state index >= 15 is 0 Å². The van der Waals surface area contributed by atoms with Crippen molar-refractivity contribution in [2.75, 3.05) is 5.32 Å². The number of rotatable bonds is 4. The Morgan fingerprint density at radius 2 is 1.73 bits per heavy atom. The van der Waals surface area contributed by atoms with E-state index in [9.17, 15) is 22.8 Å². The van der Waals surface area contributed by atoms with E-state index in [1.165, 1.54) is 35.0 Å². The molecule has 0 atom stereocenters. The molecule has 0 fully saturated rings. The molecule has 3 aromatic rings. The first-order chi connectivity index (χ1) is 15.5. The summed E-state index contributed by atoms with van der Waals surface area (Å²) in [7, 11) is 0. The fourth-order valence-electron chi connectivity index (χ4n) is 3.32. The second kappa shape index (κ2) is 9.50. The maximum absolute atomic E-state index is 13.4. The van der Waals surface area contributed by atoms with Crippen LogP contribution in [0.2, 0.25) is 5.02 Å². The van der Waals surface area contributed by atoms with Crippen LogP contribution in [0.15, 0.2) is 53.6 Å². The van der Waals surface area contributed by atoms with Gasteiger partial charge in [-0.05, 0) is 56.7 Å². The zero-order chi connectivity index (χ0) is 24.3. The smallest absolute Gasteiger partial charge is 0.317 e. The Bertz CT molecular complexity index is 1250. The maximum atomic E-state index is 13.4. The standard InChI is InChI=1S/C23H20ClF3N4O2/c1-13-8-9-17(24)11-19(13)29-21(32)22(33)30-28-12-16-10-14(2)31(15(16)3)20-7-5-4-6-18(20)23(25,26)27/h4-12H,1-3H3,(H,29,32)(H,30,33)/b28-12-. The lowest BCUT2D eigenvalue weighted by Crippen LogP contribution is -2.32. The Labute approximate surface area is 193 Å². The molecule has 3 rings (SSSR count). The normalized spacial score (nSPS) is 11.6. The van der Waals surface area contributed by atoms with Gasteiger partial charge in [-0.15, -0.1) is 0 Å². The van der Waals surface area contributed by atoms with Crippen LogP contribution in [-0.4, -0.2) is 22.6 Å². The van der Waals surface area contributed by atoms with Crippen molar-refractivity contribution in [1.29, 1.82) is 0 Å². The maximum Gasteiger partial charge on any atom is 0.418 e. The number of hydrazone groups is 1. The van der Waals surface area contributed by atoms with E-state index in [0.29, 0.717) is 27.7 Å². The largest absolute Gasteiger partial charge is 0.418 e. The van der Waals surface area contributed by atoms with Gasteiger partial charge in [0.2, 0.25) is 0 Å².